The Balaban J connectivity index is 1.69. The van der Waals surface area contributed by atoms with E-state index < -0.39 is 18.2 Å². The number of ether oxygens (including phenoxy) is 1. The fraction of sp³-hybridized carbons (Fsp3) is 0.333. The van der Waals surface area contributed by atoms with E-state index in [2.05, 4.69) is 6.58 Å². The van der Waals surface area contributed by atoms with Crippen molar-refractivity contribution in [1.82, 2.24) is 4.90 Å². The predicted molar refractivity (Wildman–Crippen MR) is 107 cm³/mol. The van der Waals surface area contributed by atoms with E-state index in [9.17, 15) is 9.59 Å². The number of ketones is 1. The molecule has 4 rings (SSSR count). The number of amides is 1. The second-order valence-corrected chi connectivity index (χ2v) is 7.59. The van der Waals surface area contributed by atoms with E-state index in [-0.39, 0.29) is 17.4 Å². The first-order chi connectivity index (χ1) is 13.7. The molecule has 1 heterocycles. The van der Waals surface area contributed by atoms with Gasteiger partial charge < -0.3 is 4.74 Å². The molecule has 1 aliphatic carbocycles. The average Bonchev–Trinajstić information content (AvgIpc) is 3.11. The molecule has 28 heavy (non-hydrogen) atoms. The van der Waals surface area contributed by atoms with Crippen LogP contribution in [-0.2, 0) is 9.53 Å². The molecule has 0 unspecified atom stereocenters. The smallest absolute Gasteiger partial charge is 0.415 e. The molecule has 4 heteroatoms. The molecule has 2 fully saturated rings. The quantitative estimate of drug-likeness (QED) is 0.641. The van der Waals surface area contributed by atoms with Gasteiger partial charge in [0.25, 0.3) is 0 Å². The van der Waals surface area contributed by atoms with Crippen LogP contribution in [-0.4, -0.2) is 16.8 Å². The van der Waals surface area contributed by atoms with Crippen molar-refractivity contribution >= 4 is 11.9 Å². The number of nitrogens with zero attached hydrogens (tertiary/aromatic N) is 1. The second-order valence-electron chi connectivity index (χ2n) is 7.59. The first-order valence-corrected chi connectivity index (χ1v) is 9.99. The number of hydrogen-bond acceptors (Lipinski definition) is 3. The summed E-state index contributed by atoms with van der Waals surface area (Å²) in [5.41, 5.74) is 2.09. The lowest BCUT2D eigenvalue weighted by molar-refractivity contribution is -0.121. The van der Waals surface area contributed by atoms with Crippen LogP contribution in [0.25, 0.3) is 0 Å². The van der Waals surface area contributed by atoms with Gasteiger partial charge in [0.15, 0.2) is 11.9 Å². The molecule has 1 aliphatic heterocycles. The molecule has 4 nitrogen and oxygen atoms in total. The maximum Gasteiger partial charge on any atom is 0.415 e. The van der Waals surface area contributed by atoms with Crippen LogP contribution in [0.15, 0.2) is 72.9 Å². The van der Waals surface area contributed by atoms with Gasteiger partial charge in [-0.1, -0.05) is 86.5 Å². The molecular formula is C24H25NO3. The molecule has 2 aliphatic rings. The number of cyclic esters (lactones) is 1. The fourth-order valence-corrected chi connectivity index (χ4v) is 4.34. The Hall–Kier alpha value is -2.88. The van der Waals surface area contributed by atoms with E-state index >= 15 is 0 Å². The summed E-state index contributed by atoms with van der Waals surface area (Å²) in [4.78, 5) is 27.4. The molecule has 144 valence electrons. The molecule has 2 aromatic rings. The van der Waals surface area contributed by atoms with Crippen LogP contribution in [0.2, 0.25) is 0 Å². The summed E-state index contributed by atoms with van der Waals surface area (Å²) in [7, 11) is 0. The zero-order chi connectivity index (χ0) is 19.5. The molecule has 0 aromatic heterocycles. The first-order valence-electron chi connectivity index (χ1n) is 9.99. The lowest BCUT2D eigenvalue weighted by Crippen LogP contribution is -2.34. The van der Waals surface area contributed by atoms with E-state index in [0.29, 0.717) is 0 Å². The van der Waals surface area contributed by atoms with E-state index in [1.807, 2.05) is 60.7 Å². The highest BCUT2D eigenvalue weighted by atomic mass is 16.6. The second kappa shape index (κ2) is 8.01. The van der Waals surface area contributed by atoms with Crippen LogP contribution in [0.4, 0.5) is 4.79 Å². The van der Waals surface area contributed by atoms with Crippen molar-refractivity contribution in [3.63, 3.8) is 0 Å². The summed E-state index contributed by atoms with van der Waals surface area (Å²) in [6.07, 6.45) is 4.05. The van der Waals surface area contributed by atoms with Crippen molar-refractivity contribution in [1.29, 1.82) is 0 Å². The third-order valence-electron chi connectivity index (χ3n) is 5.81. The Bertz CT molecular complexity index is 856. The summed E-state index contributed by atoms with van der Waals surface area (Å²) in [5.74, 6) is -0.0625. The highest BCUT2D eigenvalue weighted by Gasteiger charge is 2.46. The van der Waals surface area contributed by atoms with Gasteiger partial charge in [0.05, 0.1) is 5.70 Å². The Morgan fingerprint density at radius 3 is 2.07 bits per heavy atom. The van der Waals surface area contributed by atoms with Crippen LogP contribution in [0.5, 0.6) is 0 Å². The van der Waals surface area contributed by atoms with Crippen LogP contribution in [0.3, 0.4) is 0 Å². The van der Waals surface area contributed by atoms with Gasteiger partial charge in [-0.05, 0) is 24.0 Å². The van der Waals surface area contributed by atoms with E-state index in [0.717, 1.165) is 36.8 Å². The number of carbonyl (C=O) groups excluding carboxylic acids is 2. The van der Waals surface area contributed by atoms with Crippen molar-refractivity contribution in [2.24, 2.45) is 5.92 Å². The summed E-state index contributed by atoms with van der Waals surface area (Å²) >= 11 is 0. The molecule has 2 atom stereocenters. The Morgan fingerprint density at radius 1 is 0.893 bits per heavy atom. The minimum absolute atomic E-state index is 0.0220. The van der Waals surface area contributed by atoms with E-state index in [1.165, 1.54) is 11.3 Å². The Morgan fingerprint density at radius 2 is 1.46 bits per heavy atom. The van der Waals surface area contributed by atoms with Crippen molar-refractivity contribution in [3.8, 4) is 0 Å². The summed E-state index contributed by atoms with van der Waals surface area (Å²) < 4.78 is 5.76. The molecule has 0 radical (unpaired) electrons. The molecule has 0 spiro atoms. The number of benzene rings is 2. The Labute approximate surface area is 165 Å². The van der Waals surface area contributed by atoms with Gasteiger partial charge in [0.1, 0.15) is 6.04 Å². The first kappa shape index (κ1) is 18.5. The van der Waals surface area contributed by atoms with Crippen molar-refractivity contribution < 1.29 is 14.3 Å². The SMILES string of the molecule is C=C(C(=O)C1CCCCC1)N1C(=O)O[C@H](c2ccccc2)[C@@H]1c1ccccc1. The van der Waals surface area contributed by atoms with Crippen LogP contribution >= 0.6 is 0 Å². The zero-order valence-electron chi connectivity index (χ0n) is 15.9. The number of Topliss-reactive ketones (excluding diaryl/α,β-unsaturated/α-hetero) is 1. The Kier molecular flexibility index (Phi) is 5.29. The number of carbonyl (C=O) groups is 2. The highest BCUT2D eigenvalue weighted by molar-refractivity contribution is 5.99. The number of allylic oxidation sites excluding steroid dienone is 1. The van der Waals surface area contributed by atoms with Crippen molar-refractivity contribution in [3.05, 3.63) is 84.1 Å². The molecule has 0 bridgehead atoms. The molecule has 1 saturated carbocycles. The van der Waals surface area contributed by atoms with E-state index in [4.69, 9.17) is 4.74 Å². The lowest BCUT2D eigenvalue weighted by Gasteiger charge is -2.29. The summed E-state index contributed by atoms with van der Waals surface area (Å²) in [5, 5.41) is 0. The fourth-order valence-electron chi connectivity index (χ4n) is 4.34. The van der Waals surface area contributed by atoms with Gasteiger partial charge >= 0.3 is 6.09 Å². The van der Waals surface area contributed by atoms with Gasteiger partial charge in [-0.3, -0.25) is 9.69 Å². The molecule has 1 amide bonds. The van der Waals surface area contributed by atoms with E-state index in [1.54, 1.807) is 0 Å². The summed E-state index contributed by atoms with van der Waals surface area (Å²) in [6, 6.07) is 19.0. The van der Waals surface area contributed by atoms with Gasteiger partial charge in [-0.2, -0.15) is 0 Å². The van der Waals surface area contributed by atoms with Gasteiger partial charge in [-0.15, -0.1) is 0 Å². The normalized spacial score (nSPS) is 22.7. The van der Waals surface area contributed by atoms with Crippen LogP contribution in [0.1, 0.15) is 55.4 Å². The third-order valence-corrected chi connectivity index (χ3v) is 5.81. The van der Waals surface area contributed by atoms with Gasteiger partial charge in [0.2, 0.25) is 0 Å². The topological polar surface area (TPSA) is 46.6 Å². The summed E-state index contributed by atoms with van der Waals surface area (Å²) in [6.45, 7) is 4.04. The molecule has 0 N–H and O–H groups in total. The predicted octanol–water partition coefficient (Wildman–Crippen LogP) is 5.58. The number of hydrogen-bond donors (Lipinski definition) is 0. The maximum absolute atomic E-state index is 13.1. The monoisotopic (exact) mass is 375 g/mol. The minimum atomic E-state index is -0.503. The molecule has 1 saturated heterocycles. The molecule has 2 aromatic carbocycles. The third kappa shape index (κ3) is 3.47. The van der Waals surface area contributed by atoms with Crippen molar-refractivity contribution in [2.75, 3.05) is 0 Å². The molecular weight excluding hydrogens is 350 g/mol. The van der Waals surface area contributed by atoms with Gasteiger partial charge in [0, 0.05) is 5.92 Å². The number of rotatable bonds is 5. The van der Waals surface area contributed by atoms with Crippen LogP contribution < -0.4 is 0 Å². The maximum atomic E-state index is 13.1. The van der Waals surface area contributed by atoms with Crippen molar-refractivity contribution in [2.45, 2.75) is 44.2 Å². The lowest BCUT2D eigenvalue weighted by atomic mass is 9.84. The standard InChI is InChI=1S/C24H25NO3/c1-17(22(26)19-13-7-3-8-14-19)25-21(18-11-5-2-6-12-18)23(28-24(25)27)20-15-9-4-10-16-20/h2,4-6,9-12,15-16,19,21,23H,1,3,7-8,13-14H2/t21-,23+/m0/s1. The highest BCUT2D eigenvalue weighted by Crippen LogP contribution is 2.45. The average molecular weight is 375 g/mol. The van der Waals surface area contributed by atoms with Crippen LogP contribution in [0, 0.1) is 5.92 Å². The largest absolute Gasteiger partial charge is 0.438 e. The minimum Gasteiger partial charge on any atom is -0.438 e. The zero-order valence-corrected chi connectivity index (χ0v) is 15.9. The van der Waals surface area contributed by atoms with Gasteiger partial charge in [-0.25, -0.2) is 4.79 Å².